The van der Waals surface area contributed by atoms with Gasteiger partial charge in [-0.05, 0) is 30.2 Å². The highest BCUT2D eigenvalue weighted by atomic mass is 16.5. The van der Waals surface area contributed by atoms with Crippen LogP contribution in [0.1, 0.15) is 11.1 Å². The van der Waals surface area contributed by atoms with Crippen LogP contribution in [0.2, 0.25) is 0 Å². The molecule has 0 spiro atoms. The van der Waals surface area contributed by atoms with E-state index in [9.17, 15) is 9.59 Å². The Labute approximate surface area is 181 Å². The Morgan fingerprint density at radius 2 is 1.87 bits per heavy atom. The maximum Gasteiger partial charge on any atom is 0.328 e. The molecule has 2 aromatic carbocycles. The number of carbonyl (C=O) groups excluding carboxylic acids is 2. The SMILES string of the molecule is COc1ccc(C)cc1N1CCN2C1=NC1C2C(=O)N(Cc2ccccc2)C(=O)N1C. The fourth-order valence-electron chi connectivity index (χ4n) is 4.59. The number of fused-ring (bicyclic) bond motifs is 3. The highest BCUT2D eigenvalue weighted by Gasteiger charge is 2.54. The van der Waals surface area contributed by atoms with Crippen LogP contribution in [-0.4, -0.2) is 72.1 Å². The highest BCUT2D eigenvalue weighted by Crippen LogP contribution is 2.37. The first-order chi connectivity index (χ1) is 15.0. The number of urea groups is 1. The lowest BCUT2D eigenvalue weighted by molar-refractivity contribution is -0.137. The smallest absolute Gasteiger partial charge is 0.328 e. The molecule has 2 fully saturated rings. The molecule has 0 N–H and O–H groups in total. The number of anilines is 1. The second kappa shape index (κ2) is 7.30. The Hall–Kier alpha value is -3.55. The lowest BCUT2D eigenvalue weighted by atomic mass is 10.1. The molecule has 3 aliphatic heterocycles. The summed E-state index contributed by atoms with van der Waals surface area (Å²) in [6.07, 6.45) is -0.527. The Morgan fingerprint density at radius 3 is 2.61 bits per heavy atom. The van der Waals surface area contributed by atoms with E-state index in [1.807, 2.05) is 54.3 Å². The summed E-state index contributed by atoms with van der Waals surface area (Å²) in [4.78, 5) is 38.3. The normalized spacial score (nSPS) is 22.6. The van der Waals surface area contributed by atoms with Crippen molar-refractivity contribution in [2.45, 2.75) is 25.7 Å². The van der Waals surface area contributed by atoms with Crippen LogP contribution in [0.25, 0.3) is 0 Å². The number of hydrogen-bond acceptors (Lipinski definition) is 6. The Balaban J connectivity index is 1.47. The zero-order valence-corrected chi connectivity index (χ0v) is 17.9. The number of guanidine groups is 1. The molecule has 3 heterocycles. The number of nitrogens with zero attached hydrogens (tertiary/aromatic N) is 5. The molecule has 8 heteroatoms. The number of hydrogen-bond donors (Lipinski definition) is 0. The number of ether oxygens (including phenoxy) is 1. The summed E-state index contributed by atoms with van der Waals surface area (Å²) in [6.45, 7) is 3.64. The number of imide groups is 1. The number of likely N-dealkylation sites (N-methyl/N-ethyl adjacent to an activating group) is 1. The molecular formula is C23H25N5O3. The average Bonchev–Trinajstić information content (AvgIpc) is 3.35. The van der Waals surface area contributed by atoms with Gasteiger partial charge in [0, 0.05) is 20.1 Å². The second-order valence-electron chi connectivity index (χ2n) is 8.11. The van der Waals surface area contributed by atoms with Crippen LogP contribution in [0.5, 0.6) is 5.75 Å². The molecule has 2 aromatic rings. The fraction of sp³-hybridized carbons (Fsp3) is 0.348. The van der Waals surface area contributed by atoms with Crippen LogP contribution in [-0.2, 0) is 11.3 Å². The number of methoxy groups -OCH3 is 1. The van der Waals surface area contributed by atoms with Crippen LogP contribution >= 0.6 is 0 Å². The van der Waals surface area contributed by atoms with Gasteiger partial charge in [0.15, 0.2) is 12.2 Å². The van der Waals surface area contributed by atoms with Gasteiger partial charge in [0.1, 0.15) is 5.75 Å². The number of amides is 3. The van der Waals surface area contributed by atoms with Gasteiger partial charge in [-0.25, -0.2) is 9.79 Å². The van der Waals surface area contributed by atoms with Crippen molar-refractivity contribution >= 4 is 23.6 Å². The summed E-state index contributed by atoms with van der Waals surface area (Å²) in [5, 5.41) is 0. The molecule has 31 heavy (non-hydrogen) atoms. The van der Waals surface area contributed by atoms with Crippen LogP contribution in [0.15, 0.2) is 53.5 Å². The first-order valence-electron chi connectivity index (χ1n) is 10.4. The van der Waals surface area contributed by atoms with Crippen molar-refractivity contribution in [2.75, 3.05) is 32.1 Å². The van der Waals surface area contributed by atoms with E-state index in [2.05, 4.69) is 11.0 Å². The molecular weight excluding hydrogens is 394 g/mol. The lowest BCUT2D eigenvalue weighted by Crippen LogP contribution is -2.64. The molecule has 0 bridgehead atoms. The van der Waals surface area contributed by atoms with Gasteiger partial charge < -0.3 is 19.4 Å². The summed E-state index contributed by atoms with van der Waals surface area (Å²) < 4.78 is 5.57. The van der Waals surface area contributed by atoms with Crippen molar-refractivity contribution in [3.05, 3.63) is 59.7 Å². The van der Waals surface area contributed by atoms with Gasteiger partial charge in [0.05, 0.1) is 19.3 Å². The van der Waals surface area contributed by atoms with E-state index >= 15 is 0 Å². The molecule has 160 valence electrons. The largest absolute Gasteiger partial charge is 0.495 e. The molecule has 3 aliphatic rings. The van der Waals surface area contributed by atoms with E-state index in [-0.39, 0.29) is 18.5 Å². The van der Waals surface area contributed by atoms with Crippen molar-refractivity contribution in [3.8, 4) is 5.75 Å². The standard InChI is InChI=1S/C23H25N5O3/c1-15-9-10-18(31-3)17(13-15)26-11-12-27-19-20(24-22(26)27)25(2)23(30)28(21(19)29)14-16-7-5-4-6-8-16/h4-10,13,19-20H,11-12,14H2,1-3H3. The third kappa shape index (κ3) is 3.01. The highest BCUT2D eigenvalue weighted by molar-refractivity contribution is 6.08. The van der Waals surface area contributed by atoms with Crippen LogP contribution in [0.3, 0.4) is 0 Å². The maximum absolute atomic E-state index is 13.5. The van der Waals surface area contributed by atoms with Crippen LogP contribution in [0, 0.1) is 6.92 Å². The molecule has 0 aromatic heterocycles. The predicted octanol–water partition coefficient (Wildman–Crippen LogP) is 2.28. The second-order valence-corrected chi connectivity index (χ2v) is 8.11. The first-order valence-corrected chi connectivity index (χ1v) is 10.4. The van der Waals surface area contributed by atoms with Gasteiger partial charge in [0.25, 0.3) is 5.91 Å². The number of aliphatic imine (C=N–C) groups is 1. The molecule has 2 unspecified atom stereocenters. The molecule has 0 radical (unpaired) electrons. The first kappa shape index (κ1) is 19.4. The lowest BCUT2D eigenvalue weighted by Gasteiger charge is -2.40. The van der Waals surface area contributed by atoms with Gasteiger partial charge in [-0.15, -0.1) is 0 Å². The Morgan fingerprint density at radius 1 is 1.10 bits per heavy atom. The minimum Gasteiger partial charge on any atom is -0.495 e. The van der Waals surface area contributed by atoms with Gasteiger partial charge in [-0.1, -0.05) is 36.4 Å². The van der Waals surface area contributed by atoms with Gasteiger partial charge in [-0.3, -0.25) is 9.69 Å². The summed E-state index contributed by atoms with van der Waals surface area (Å²) >= 11 is 0. The Bertz CT molecular complexity index is 1070. The third-order valence-corrected chi connectivity index (χ3v) is 6.19. The predicted molar refractivity (Wildman–Crippen MR) is 117 cm³/mol. The van der Waals surface area contributed by atoms with E-state index in [1.165, 1.54) is 4.90 Å². The average molecular weight is 419 g/mol. The molecule has 8 nitrogen and oxygen atoms in total. The van der Waals surface area contributed by atoms with E-state index in [0.29, 0.717) is 19.0 Å². The summed E-state index contributed by atoms with van der Waals surface area (Å²) in [7, 11) is 3.36. The van der Waals surface area contributed by atoms with Crippen LogP contribution in [0.4, 0.5) is 10.5 Å². The van der Waals surface area contributed by atoms with E-state index in [0.717, 1.165) is 22.6 Å². The fourth-order valence-corrected chi connectivity index (χ4v) is 4.59. The molecule has 5 rings (SSSR count). The molecule has 2 saturated heterocycles. The molecule has 2 atom stereocenters. The van der Waals surface area contributed by atoms with Crippen LogP contribution < -0.4 is 9.64 Å². The quantitative estimate of drug-likeness (QED) is 0.761. The van der Waals surface area contributed by atoms with Crippen molar-refractivity contribution in [3.63, 3.8) is 0 Å². The summed E-state index contributed by atoms with van der Waals surface area (Å²) in [5.41, 5.74) is 2.95. The number of benzene rings is 2. The van der Waals surface area contributed by atoms with Gasteiger partial charge >= 0.3 is 6.03 Å². The Kier molecular flexibility index (Phi) is 4.57. The maximum atomic E-state index is 13.5. The minimum atomic E-state index is -0.527. The minimum absolute atomic E-state index is 0.200. The van der Waals surface area contributed by atoms with E-state index in [4.69, 9.17) is 9.73 Å². The summed E-state index contributed by atoms with van der Waals surface area (Å²) in [5.74, 6) is 1.27. The zero-order chi connectivity index (χ0) is 21.7. The van der Waals surface area contributed by atoms with Crippen molar-refractivity contribution in [1.82, 2.24) is 14.7 Å². The number of rotatable bonds is 4. The van der Waals surface area contributed by atoms with Crippen molar-refractivity contribution in [2.24, 2.45) is 4.99 Å². The molecule has 0 saturated carbocycles. The van der Waals surface area contributed by atoms with Gasteiger partial charge in [-0.2, -0.15) is 0 Å². The van der Waals surface area contributed by atoms with Crippen molar-refractivity contribution in [1.29, 1.82) is 0 Å². The topological polar surface area (TPSA) is 68.7 Å². The monoisotopic (exact) mass is 419 g/mol. The third-order valence-electron chi connectivity index (χ3n) is 6.19. The molecule has 3 amide bonds. The summed E-state index contributed by atoms with van der Waals surface area (Å²) in [6, 6.07) is 14.8. The van der Waals surface area contributed by atoms with Crippen molar-refractivity contribution < 1.29 is 14.3 Å². The zero-order valence-electron chi connectivity index (χ0n) is 17.9. The van der Waals surface area contributed by atoms with E-state index < -0.39 is 12.2 Å². The van der Waals surface area contributed by atoms with E-state index in [1.54, 1.807) is 19.1 Å². The molecule has 0 aliphatic carbocycles. The number of aryl methyl sites for hydroxylation is 1. The number of carbonyl (C=O) groups is 2. The van der Waals surface area contributed by atoms with Gasteiger partial charge in [0.2, 0.25) is 5.96 Å².